The smallest absolute Gasteiger partial charge is 0.258 e. The molecule has 152 valence electrons. The fraction of sp³-hybridized carbons (Fsp3) is 0.526. The second-order valence-electron chi connectivity index (χ2n) is 7.55. The van der Waals surface area contributed by atoms with Gasteiger partial charge in [0, 0.05) is 19.1 Å². The number of aromatic amines is 1. The maximum Gasteiger partial charge on any atom is 0.258 e. The number of benzene rings is 1. The van der Waals surface area contributed by atoms with E-state index in [1.807, 2.05) is 19.9 Å². The fourth-order valence-electron chi connectivity index (χ4n) is 3.57. The molecule has 0 spiro atoms. The summed E-state index contributed by atoms with van der Waals surface area (Å²) >= 11 is 0. The third-order valence-electron chi connectivity index (χ3n) is 5.09. The standard InChI is InChI=1S/C19H26N4O4S/c1-13(2)23(19(25)14-7-6-10-22(11-14)28(3,26)27)12-17-20-16-9-5-4-8-15(16)18(24)21-17/h4-5,8-9,13-14H,6-7,10-12H2,1-3H3,(H,20,21,24). The summed E-state index contributed by atoms with van der Waals surface area (Å²) in [6.07, 6.45) is 2.47. The highest BCUT2D eigenvalue weighted by Crippen LogP contribution is 2.22. The number of fused-ring (bicyclic) bond motifs is 1. The highest BCUT2D eigenvalue weighted by atomic mass is 32.2. The normalized spacial score (nSPS) is 18.5. The van der Waals surface area contributed by atoms with E-state index in [9.17, 15) is 18.0 Å². The Bertz CT molecular complexity index is 1030. The van der Waals surface area contributed by atoms with Gasteiger partial charge in [0.1, 0.15) is 5.82 Å². The third-order valence-corrected chi connectivity index (χ3v) is 6.36. The van der Waals surface area contributed by atoms with E-state index >= 15 is 0 Å². The van der Waals surface area contributed by atoms with Crippen LogP contribution in [0.4, 0.5) is 0 Å². The van der Waals surface area contributed by atoms with Crippen molar-refractivity contribution in [2.45, 2.75) is 39.3 Å². The van der Waals surface area contributed by atoms with E-state index in [1.54, 1.807) is 23.1 Å². The molecule has 1 aliphatic heterocycles. The lowest BCUT2D eigenvalue weighted by molar-refractivity contribution is -0.139. The van der Waals surface area contributed by atoms with E-state index in [0.717, 1.165) is 0 Å². The molecular formula is C19H26N4O4S. The number of amides is 1. The lowest BCUT2D eigenvalue weighted by Crippen LogP contribution is -2.48. The molecule has 1 atom stereocenters. The van der Waals surface area contributed by atoms with Crippen LogP contribution in [0.5, 0.6) is 0 Å². The number of hydrogen-bond acceptors (Lipinski definition) is 5. The summed E-state index contributed by atoms with van der Waals surface area (Å²) in [6.45, 7) is 4.61. The Hall–Kier alpha value is -2.26. The number of carbonyl (C=O) groups is 1. The average molecular weight is 407 g/mol. The van der Waals surface area contributed by atoms with Crippen LogP contribution in [0.3, 0.4) is 0 Å². The van der Waals surface area contributed by atoms with Crippen LogP contribution in [0.15, 0.2) is 29.1 Å². The van der Waals surface area contributed by atoms with E-state index in [0.29, 0.717) is 36.1 Å². The van der Waals surface area contributed by atoms with Gasteiger partial charge in [-0.1, -0.05) is 12.1 Å². The van der Waals surface area contributed by atoms with Gasteiger partial charge in [-0.25, -0.2) is 17.7 Å². The average Bonchev–Trinajstić information content (AvgIpc) is 2.65. The lowest BCUT2D eigenvalue weighted by atomic mass is 9.97. The van der Waals surface area contributed by atoms with Crippen LogP contribution in [0.1, 0.15) is 32.5 Å². The van der Waals surface area contributed by atoms with Crippen LogP contribution in [0, 0.1) is 5.92 Å². The molecule has 8 nitrogen and oxygen atoms in total. The predicted molar refractivity (Wildman–Crippen MR) is 107 cm³/mol. The SMILES string of the molecule is CC(C)N(Cc1nc2ccccc2c(=O)[nH]1)C(=O)C1CCCN(S(C)(=O)=O)C1. The second kappa shape index (κ2) is 8.00. The molecular weight excluding hydrogens is 380 g/mol. The number of nitrogens with one attached hydrogen (secondary N) is 1. The van der Waals surface area contributed by atoms with Crippen LogP contribution in [0.25, 0.3) is 10.9 Å². The lowest BCUT2D eigenvalue weighted by Gasteiger charge is -2.35. The van der Waals surface area contributed by atoms with Gasteiger partial charge in [0.15, 0.2) is 0 Å². The van der Waals surface area contributed by atoms with Crippen molar-refractivity contribution in [3.8, 4) is 0 Å². The summed E-state index contributed by atoms with van der Waals surface area (Å²) in [5.41, 5.74) is 0.344. The minimum absolute atomic E-state index is 0.112. The number of piperidine rings is 1. The van der Waals surface area contributed by atoms with Gasteiger partial charge in [-0.2, -0.15) is 0 Å². The Labute approximate surface area is 164 Å². The topological polar surface area (TPSA) is 103 Å². The molecule has 28 heavy (non-hydrogen) atoms. The highest BCUT2D eigenvalue weighted by Gasteiger charge is 2.33. The van der Waals surface area contributed by atoms with Crippen molar-refractivity contribution in [2.24, 2.45) is 5.92 Å². The molecule has 1 aromatic carbocycles. The summed E-state index contributed by atoms with van der Waals surface area (Å²) in [5.74, 6) is -0.0845. The number of rotatable bonds is 5. The zero-order valence-corrected chi connectivity index (χ0v) is 17.2. The molecule has 1 N–H and O–H groups in total. The first kappa shape index (κ1) is 20.5. The van der Waals surface area contributed by atoms with Crippen LogP contribution >= 0.6 is 0 Å². The van der Waals surface area contributed by atoms with Gasteiger partial charge in [0.25, 0.3) is 5.56 Å². The van der Waals surface area contributed by atoms with E-state index in [2.05, 4.69) is 9.97 Å². The van der Waals surface area contributed by atoms with Crippen molar-refractivity contribution < 1.29 is 13.2 Å². The summed E-state index contributed by atoms with van der Waals surface area (Å²) in [7, 11) is -3.32. The maximum absolute atomic E-state index is 13.1. The number of carbonyl (C=O) groups excluding carboxylic acids is 1. The second-order valence-corrected chi connectivity index (χ2v) is 9.53. The molecule has 1 amide bonds. The number of sulfonamides is 1. The molecule has 0 saturated carbocycles. The van der Waals surface area contributed by atoms with Crippen molar-refractivity contribution in [1.82, 2.24) is 19.2 Å². The van der Waals surface area contributed by atoms with Gasteiger partial charge in [-0.15, -0.1) is 0 Å². The molecule has 0 aliphatic carbocycles. The quantitative estimate of drug-likeness (QED) is 0.807. The molecule has 2 heterocycles. The van der Waals surface area contributed by atoms with Gasteiger partial charge in [0.05, 0.1) is 29.6 Å². The summed E-state index contributed by atoms with van der Waals surface area (Å²) in [6, 6.07) is 6.95. The first-order valence-electron chi connectivity index (χ1n) is 9.40. The Morgan fingerprint density at radius 3 is 2.75 bits per heavy atom. The van der Waals surface area contributed by atoms with Gasteiger partial charge >= 0.3 is 0 Å². The Morgan fingerprint density at radius 2 is 2.07 bits per heavy atom. The highest BCUT2D eigenvalue weighted by molar-refractivity contribution is 7.88. The zero-order chi connectivity index (χ0) is 20.5. The van der Waals surface area contributed by atoms with E-state index < -0.39 is 15.9 Å². The molecule has 1 fully saturated rings. The number of hydrogen-bond donors (Lipinski definition) is 1. The monoisotopic (exact) mass is 406 g/mol. The van der Waals surface area contributed by atoms with Gasteiger partial charge < -0.3 is 9.88 Å². The Morgan fingerprint density at radius 1 is 1.36 bits per heavy atom. The molecule has 0 bridgehead atoms. The molecule has 1 aromatic heterocycles. The van der Waals surface area contributed by atoms with E-state index in [-0.39, 0.29) is 30.6 Å². The van der Waals surface area contributed by atoms with Crippen molar-refractivity contribution in [2.75, 3.05) is 19.3 Å². The number of H-pyrrole nitrogens is 1. The summed E-state index contributed by atoms with van der Waals surface area (Å²) in [5, 5.41) is 0.504. The number of para-hydroxylation sites is 1. The van der Waals surface area contributed by atoms with Gasteiger partial charge in [-0.3, -0.25) is 9.59 Å². The van der Waals surface area contributed by atoms with Crippen molar-refractivity contribution in [3.63, 3.8) is 0 Å². The molecule has 1 saturated heterocycles. The van der Waals surface area contributed by atoms with Crippen LogP contribution < -0.4 is 5.56 Å². The van der Waals surface area contributed by atoms with Crippen LogP contribution in [-0.2, 0) is 21.4 Å². The van der Waals surface area contributed by atoms with Crippen LogP contribution in [0.2, 0.25) is 0 Å². The summed E-state index contributed by atoms with van der Waals surface area (Å²) < 4.78 is 25.1. The Balaban J connectivity index is 1.84. The minimum atomic E-state index is -3.32. The molecule has 9 heteroatoms. The largest absolute Gasteiger partial charge is 0.333 e. The first-order chi connectivity index (χ1) is 13.2. The number of aromatic nitrogens is 2. The number of nitrogens with zero attached hydrogens (tertiary/aromatic N) is 3. The van der Waals surface area contributed by atoms with Gasteiger partial charge in [-0.05, 0) is 38.8 Å². The first-order valence-corrected chi connectivity index (χ1v) is 11.2. The van der Waals surface area contributed by atoms with E-state index in [1.165, 1.54) is 10.6 Å². The molecule has 3 rings (SSSR count). The molecule has 0 radical (unpaired) electrons. The minimum Gasteiger partial charge on any atom is -0.333 e. The van der Waals surface area contributed by atoms with Crippen molar-refractivity contribution >= 4 is 26.8 Å². The maximum atomic E-state index is 13.1. The van der Waals surface area contributed by atoms with E-state index in [4.69, 9.17) is 0 Å². The zero-order valence-electron chi connectivity index (χ0n) is 16.4. The molecule has 1 unspecified atom stereocenters. The third kappa shape index (κ3) is 4.41. The van der Waals surface area contributed by atoms with Crippen molar-refractivity contribution in [1.29, 1.82) is 0 Å². The van der Waals surface area contributed by atoms with Gasteiger partial charge in [0.2, 0.25) is 15.9 Å². The van der Waals surface area contributed by atoms with Crippen LogP contribution in [-0.4, -0.2) is 58.9 Å². The predicted octanol–water partition coefficient (Wildman–Crippen LogP) is 1.33. The molecule has 1 aliphatic rings. The summed E-state index contributed by atoms with van der Waals surface area (Å²) in [4.78, 5) is 34.4. The van der Waals surface area contributed by atoms with Crippen molar-refractivity contribution in [3.05, 3.63) is 40.4 Å². The fourth-order valence-corrected chi connectivity index (χ4v) is 4.48. The Kier molecular flexibility index (Phi) is 5.85. The molecule has 2 aromatic rings.